The Hall–Kier alpha value is -3.31. The molecule has 194 valence electrons. The van der Waals surface area contributed by atoms with Crippen LogP contribution in [0.5, 0.6) is 0 Å². The molecular formula is C29H37N7O. The van der Waals surface area contributed by atoms with Gasteiger partial charge in [-0.05, 0) is 57.7 Å². The third-order valence-corrected chi connectivity index (χ3v) is 9.23. The van der Waals surface area contributed by atoms with E-state index in [0.29, 0.717) is 24.6 Å². The molecule has 1 spiro atoms. The minimum absolute atomic E-state index is 0.0295. The Morgan fingerprint density at radius 3 is 2.32 bits per heavy atom. The van der Waals surface area contributed by atoms with E-state index in [4.69, 9.17) is 0 Å². The summed E-state index contributed by atoms with van der Waals surface area (Å²) >= 11 is 0. The summed E-state index contributed by atoms with van der Waals surface area (Å²) in [5.41, 5.74) is 1.25. The smallest absolute Gasteiger partial charge is 0.315 e. The van der Waals surface area contributed by atoms with Gasteiger partial charge in [0.15, 0.2) is 5.82 Å². The number of urea groups is 1. The minimum atomic E-state index is -0.426. The lowest BCUT2D eigenvalue weighted by molar-refractivity contribution is 0.000798. The zero-order chi connectivity index (χ0) is 26.1. The number of nitrogens with zero attached hydrogens (tertiary/aromatic N) is 7. The molecule has 37 heavy (non-hydrogen) atoms. The Balaban J connectivity index is 1.48. The second kappa shape index (κ2) is 9.86. The van der Waals surface area contributed by atoms with Gasteiger partial charge in [-0.2, -0.15) is 5.26 Å². The van der Waals surface area contributed by atoms with Gasteiger partial charge in [0.05, 0.1) is 47.9 Å². The quantitative estimate of drug-likeness (QED) is 0.519. The molecule has 1 aromatic heterocycles. The molecule has 1 aliphatic heterocycles. The Morgan fingerprint density at radius 2 is 1.78 bits per heavy atom. The highest BCUT2D eigenvalue weighted by Gasteiger charge is 2.57. The first-order valence-electron chi connectivity index (χ1n) is 13.4. The molecule has 1 saturated heterocycles. The lowest BCUT2D eigenvalue weighted by Crippen LogP contribution is -2.58. The number of nitriles is 1. The summed E-state index contributed by atoms with van der Waals surface area (Å²) < 4.78 is 0. The van der Waals surface area contributed by atoms with Crippen LogP contribution in [0.15, 0.2) is 47.7 Å². The van der Waals surface area contributed by atoms with Crippen molar-refractivity contribution in [3.63, 3.8) is 0 Å². The average Bonchev–Trinajstić information content (AvgIpc) is 3.18. The molecule has 1 aromatic carbocycles. The van der Waals surface area contributed by atoms with Gasteiger partial charge < -0.3 is 4.90 Å². The number of benzene rings is 1. The van der Waals surface area contributed by atoms with Crippen LogP contribution in [0.25, 0.3) is 0 Å². The van der Waals surface area contributed by atoms with Crippen LogP contribution in [0.4, 0.5) is 10.5 Å². The first-order valence-corrected chi connectivity index (χ1v) is 13.4. The summed E-state index contributed by atoms with van der Waals surface area (Å²) in [7, 11) is 3.90. The Labute approximate surface area is 220 Å². The summed E-state index contributed by atoms with van der Waals surface area (Å²) in [5.74, 6) is 0.523. The Morgan fingerprint density at radius 1 is 1.11 bits per heavy atom. The summed E-state index contributed by atoms with van der Waals surface area (Å²) in [6.07, 6.45) is 11.5. The maximum Gasteiger partial charge on any atom is 0.325 e. The summed E-state index contributed by atoms with van der Waals surface area (Å²) in [6.45, 7) is 4.27. The third-order valence-electron chi connectivity index (χ3n) is 9.23. The fraction of sp³-hybridized carbons (Fsp3) is 0.552. The molecule has 3 fully saturated rings. The van der Waals surface area contributed by atoms with E-state index in [9.17, 15) is 10.1 Å². The maximum atomic E-state index is 14.0. The molecule has 2 saturated carbocycles. The highest BCUT2D eigenvalue weighted by molar-refractivity contribution is 5.95. The number of amides is 2. The largest absolute Gasteiger partial charge is 0.325 e. The van der Waals surface area contributed by atoms with Crippen LogP contribution in [0.1, 0.15) is 63.3 Å². The van der Waals surface area contributed by atoms with Gasteiger partial charge in [-0.1, -0.05) is 43.7 Å². The molecule has 8 heteroatoms. The average molecular weight is 500 g/mol. The van der Waals surface area contributed by atoms with Gasteiger partial charge in [0, 0.05) is 19.1 Å². The highest BCUT2D eigenvalue weighted by Crippen LogP contribution is 2.52. The summed E-state index contributed by atoms with van der Waals surface area (Å²) in [5, 5.41) is 10.0. The third kappa shape index (κ3) is 4.29. The fourth-order valence-electron chi connectivity index (χ4n) is 6.60. The molecule has 5 rings (SSSR count). The van der Waals surface area contributed by atoms with Gasteiger partial charge in [0.25, 0.3) is 0 Å². The second-order valence-electron chi connectivity index (χ2n) is 11.0. The van der Waals surface area contributed by atoms with Crippen molar-refractivity contribution in [2.45, 2.75) is 62.9 Å². The molecule has 0 radical (unpaired) electrons. The van der Waals surface area contributed by atoms with Crippen LogP contribution in [0, 0.1) is 16.7 Å². The van der Waals surface area contributed by atoms with Crippen molar-refractivity contribution in [2.75, 3.05) is 38.6 Å². The number of carbonyl (C=O) groups excluding carboxylic acids is 1. The van der Waals surface area contributed by atoms with Crippen molar-refractivity contribution < 1.29 is 4.79 Å². The Bertz CT molecular complexity index is 1170. The highest BCUT2D eigenvalue weighted by atomic mass is 16.2. The maximum absolute atomic E-state index is 14.0. The van der Waals surface area contributed by atoms with E-state index in [2.05, 4.69) is 75.1 Å². The number of anilines is 1. The standard InChI is InChI=1S/C29H37N7O/c1-4-34(3)29(23-9-6-5-7-10-23)15-13-28(14-16-29)22-35(24-17-32-25(19-31-2)33-18-24)26(37)36(28)21-27(20-30)11-8-12-27/h5-7,9-10,17-19H,4,8,11-16,21-22H2,1-3H3/b31-19-/t28-,29+. The molecule has 2 aromatic rings. The van der Waals surface area contributed by atoms with Crippen molar-refractivity contribution in [2.24, 2.45) is 10.4 Å². The monoisotopic (exact) mass is 499 g/mol. The number of hydrogen-bond acceptors (Lipinski definition) is 6. The van der Waals surface area contributed by atoms with E-state index in [0.717, 1.165) is 51.5 Å². The molecule has 2 amide bonds. The number of hydrogen-bond donors (Lipinski definition) is 0. The van der Waals surface area contributed by atoms with Crippen LogP contribution < -0.4 is 4.90 Å². The predicted octanol–water partition coefficient (Wildman–Crippen LogP) is 4.62. The van der Waals surface area contributed by atoms with E-state index in [1.165, 1.54) is 5.56 Å². The zero-order valence-electron chi connectivity index (χ0n) is 22.2. The summed E-state index contributed by atoms with van der Waals surface area (Å²) in [6, 6.07) is 13.3. The van der Waals surface area contributed by atoms with Crippen molar-refractivity contribution >= 4 is 17.9 Å². The minimum Gasteiger partial charge on any atom is -0.315 e. The van der Waals surface area contributed by atoms with E-state index < -0.39 is 5.41 Å². The van der Waals surface area contributed by atoms with Crippen LogP contribution in [0.2, 0.25) is 0 Å². The van der Waals surface area contributed by atoms with Crippen molar-refractivity contribution in [1.29, 1.82) is 5.26 Å². The molecule has 8 nitrogen and oxygen atoms in total. The topological polar surface area (TPSA) is 88.7 Å². The fourth-order valence-corrected chi connectivity index (χ4v) is 6.60. The lowest BCUT2D eigenvalue weighted by Gasteiger charge is -2.53. The van der Waals surface area contributed by atoms with Gasteiger partial charge >= 0.3 is 6.03 Å². The first kappa shape index (κ1) is 25.3. The van der Waals surface area contributed by atoms with E-state index in [-0.39, 0.29) is 17.1 Å². The molecular weight excluding hydrogens is 462 g/mol. The normalized spacial score (nSPS) is 27.2. The van der Waals surface area contributed by atoms with E-state index in [1.807, 2.05) is 4.90 Å². The molecule has 0 unspecified atom stereocenters. The van der Waals surface area contributed by atoms with Crippen molar-refractivity contribution in [1.82, 2.24) is 19.8 Å². The van der Waals surface area contributed by atoms with Gasteiger partial charge in [0.1, 0.15) is 0 Å². The SMILES string of the molecule is CCN(C)[C@]1(c2ccccc2)CC[C@]2(CC1)CN(c1cnc(/C=N\C)nc1)C(=O)N2CC1(C#N)CCC1. The number of aromatic nitrogens is 2. The molecule has 2 heterocycles. The zero-order valence-corrected chi connectivity index (χ0v) is 22.2. The molecule has 0 N–H and O–H groups in total. The van der Waals surface area contributed by atoms with Crippen LogP contribution in [0.3, 0.4) is 0 Å². The van der Waals surface area contributed by atoms with Gasteiger partial charge in [-0.25, -0.2) is 14.8 Å². The van der Waals surface area contributed by atoms with Crippen molar-refractivity contribution in [3.8, 4) is 6.07 Å². The number of rotatable bonds is 7. The Kier molecular flexibility index (Phi) is 6.76. The summed E-state index contributed by atoms with van der Waals surface area (Å²) in [4.78, 5) is 33.1. The number of aliphatic imine (C=N–C) groups is 1. The van der Waals surface area contributed by atoms with Gasteiger partial charge in [0.2, 0.25) is 0 Å². The number of carbonyl (C=O) groups is 1. The van der Waals surface area contributed by atoms with Crippen molar-refractivity contribution in [3.05, 3.63) is 54.1 Å². The molecule has 3 aliphatic rings. The van der Waals surface area contributed by atoms with Crippen LogP contribution in [-0.2, 0) is 5.54 Å². The predicted molar refractivity (Wildman–Crippen MR) is 145 cm³/mol. The molecule has 0 bridgehead atoms. The van der Waals surface area contributed by atoms with Gasteiger partial charge in [-0.15, -0.1) is 0 Å². The molecule has 0 atom stereocenters. The second-order valence-corrected chi connectivity index (χ2v) is 11.0. The lowest BCUT2D eigenvalue weighted by atomic mass is 9.66. The van der Waals surface area contributed by atoms with Crippen LogP contribution >= 0.6 is 0 Å². The van der Waals surface area contributed by atoms with Gasteiger partial charge in [-0.3, -0.25) is 14.8 Å². The first-order chi connectivity index (χ1) is 17.9. The van der Waals surface area contributed by atoms with Crippen LogP contribution in [-0.4, -0.2) is 71.3 Å². The van der Waals surface area contributed by atoms with E-state index >= 15 is 0 Å². The molecule has 2 aliphatic carbocycles. The van der Waals surface area contributed by atoms with E-state index in [1.54, 1.807) is 25.7 Å².